The molecule has 0 aromatic heterocycles. The summed E-state index contributed by atoms with van der Waals surface area (Å²) < 4.78 is 51.0. The van der Waals surface area contributed by atoms with Crippen molar-refractivity contribution in [2.75, 3.05) is 20.0 Å². The van der Waals surface area contributed by atoms with E-state index in [1.165, 1.54) is 0 Å². The van der Waals surface area contributed by atoms with Crippen molar-refractivity contribution in [2.45, 2.75) is 18.6 Å². The van der Waals surface area contributed by atoms with Crippen LogP contribution < -0.4 is 15.2 Å². The quantitative estimate of drug-likeness (QED) is 0.840. The maximum Gasteiger partial charge on any atom is 0.391 e. The summed E-state index contributed by atoms with van der Waals surface area (Å²) in [5.41, 5.74) is 6.57. The Morgan fingerprint density at radius 2 is 2.00 bits per heavy atom. The van der Waals surface area contributed by atoms with Crippen LogP contribution in [0.25, 0.3) is 0 Å². The summed E-state index contributed by atoms with van der Waals surface area (Å²) in [5.74, 6) is 1.22. The second-order valence-electron chi connectivity index (χ2n) is 4.16. The van der Waals surface area contributed by atoms with Gasteiger partial charge < -0.3 is 19.9 Å². The molecule has 0 amide bonds. The van der Waals surface area contributed by atoms with Crippen molar-refractivity contribution in [3.05, 3.63) is 23.8 Å². The second kappa shape index (κ2) is 5.66. The third-order valence-electron chi connectivity index (χ3n) is 2.65. The molecule has 1 aromatic rings. The molecule has 0 bridgehead atoms. The predicted octanol–water partition coefficient (Wildman–Crippen LogP) is 2.38. The Bertz CT molecular complexity index is 437. The molecule has 1 aliphatic rings. The number of alkyl halides is 3. The van der Waals surface area contributed by atoms with Crippen molar-refractivity contribution < 1.29 is 27.4 Å². The zero-order chi connectivity index (χ0) is 13.9. The van der Waals surface area contributed by atoms with Gasteiger partial charge in [-0.3, -0.25) is 0 Å². The first kappa shape index (κ1) is 14.0. The molecular weight excluding hydrogens is 263 g/mol. The Kier molecular flexibility index (Phi) is 4.16. The van der Waals surface area contributed by atoms with E-state index in [-0.39, 0.29) is 20.0 Å². The minimum atomic E-state index is -4.21. The first-order valence-electron chi connectivity index (χ1n) is 5.75. The summed E-state index contributed by atoms with van der Waals surface area (Å²) in [4.78, 5) is 0. The van der Waals surface area contributed by atoms with E-state index in [4.69, 9.17) is 19.9 Å². The van der Waals surface area contributed by atoms with Gasteiger partial charge in [-0.1, -0.05) is 6.07 Å². The van der Waals surface area contributed by atoms with Crippen LogP contribution in [0.3, 0.4) is 0 Å². The first-order valence-corrected chi connectivity index (χ1v) is 5.75. The van der Waals surface area contributed by atoms with Crippen LogP contribution in [0, 0.1) is 0 Å². The number of ether oxygens (including phenoxy) is 3. The van der Waals surface area contributed by atoms with E-state index in [0.29, 0.717) is 11.5 Å². The molecule has 2 N–H and O–H groups in total. The fourth-order valence-electron chi connectivity index (χ4n) is 1.64. The number of nitrogens with two attached hydrogens (primary N) is 1. The van der Waals surface area contributed by atoms with E-state index in [9.17, 15) is 13.2 Å². The highest BCUT2D eigenvalue weighted by Gasteiger charge is 2.26. The van der Waals surface area contributed by atoms with Crippen molar-refractivity contribution in [1.29, 1.82) is 0 Å². The van der Waals surface area contributed by atoms with E-state index in [1.54, 1.807) is 18.2 Å². The fourth-order valence-corrected chi connectivity index (χ4v) is 1.64. The Morgan fingerprint density at radius 3 is 2.74 bits per heavy atom. The van der Waals surface area contributed by atoms with Crippen molar-refractivity contribution in [3.63, 3.8) is 0 Å². The van der Waals surface area contributed by atoms with Gasteiger partial charge in [0.15, 0.2) is 11.5 Å². The molecule has 1 unspecified atom stereocenters. The molecule has 1 atom stereocenters. The molecule has 2 rings (SSSR count). The van der Waals surface area contributed by atoms with E-state index in [1.807, 2.05) is 0 Å². The van der Waals surface area contributed by atoms with Gasteiger partial charge in [0.1, 0.15) is 0 Å². The third-order valence-corrected chi connectivity index (χ3v) is 2.65. The number of hydrogen-bond donors (Lipinski definition) is 1. The molecule has 0 spiro atoms. The standard InChI is InChI=1S/C12H14F3NO3/c13-12(14,15)3-4-17-6-9(16)8-1-2-10-11(5-8)19-7-18-10/h1-2,5,9H,3-4,6-7,16H2. The van der Waals surface area contributed by atoms with Gasteiger partial charge in [0, 0.05) is 0 Å². The Hall–Kier alpha value is -1.47. The molecule has 4 nitrogen and oxygen atoms in total. The minimum absolute atomic E-state index is 0.0235. The van der Waals surface area contributed by atoms with Crippen molar-refractivity contribution >= 4 is 0 Å². The smallest absolute Gasteiger partial charge is 0.391 e. The number of fused-ring (bicyclic) bond motifs is 1. The summed E-state index contributed by atoms with van der Waals surface area (Å²) in [6, 6.07) is 4.67. The van der Waals surface area contributed by atoms with Gasteiger partial charge in [-0.2, -0.15) is 13.2 Å². The molecule has 1 heterocycles. The molecule has 1 aliphatic heterocycles. The van der Waals surface area contributed by atoms with Crippen LogP contribution in [-0.4, -0.2) is 26.2 Å². The molecule has 106 valence electrons. The van der Waals surface area contributed by atoms with E-state index in [2.05, 4.69) is 0 Å². The summed E-state index contributed by atoms with van der Waals surface area (Å²) in [7, 11) is 0. The maximum absolute atomic E-state index is 11.9. The monoisotopic (exact) mass is 277 g/mol. The van der Waals surface area contributed by atoms with Gasteiger partial charge in [0.25, 0.3) is 0 Å². The number of hydrogen-bond acceptors (Lipinski definition) is 4. The Balaban J connectivity index is 1.81. The maximum atomic E-state index is 11.9. The second-order valence-corrected chi connectivity index (χ2v) is 4.16. The lowest BCUT2D eigenvalue weighted by atomic mass is 10.1. The van der Waals surface area contributed by atoms with Crippen molar-refractivity contribution in [3.8, 4) is 11.5 Å². The molecular formula is C12H14F3NO3. The minimum Gasteiger partial charge on any atom is -0.454 e. The van der Waals surface area contributed by atoms with Gasteiger partial charge in [-0.05, 0) is 17.7 Å². The topological polar surface area (TPSA) is 53.7 Å². The first-order chi connectivity index (χ1) is 8.96. The van der Waals surface area contributed by atoms with Crippen LogP contribution in [0.5, 0.6) is 11.5 Å². The summed E-state index contributed by atoms with van der Waals surface area (Å²) in [6.45, 7) is -0.201. The predicted molar refractivity (Wildman–Crippen MR) is 61.0 cm³/mol. The molecule has 19 heavy (non-hydrogen) atoms. The van der Waals surface area contributed by atoms with Crippen LogP contribution in [0.15, 0.2) is 18.2 Å². The highest BCUT2D eigenvalue weighted by atomic mass is 19.4. The highest BCUT2D eigenvalue weighted by molar-refractivity contribution is 5.45. The molecule has 0 aliphatic carbocycles. The zero-order valence-electron chi connectivity index (χ0n) is 10.1. The molecule has 0 saturated carbocycles. The number of rotatable bonds is 5. The Morgan fingerprint density at radius 1 is 1.26 bits per heavy atom. The van der Waals surface area contributed by atoms with Gasteiger partial charge >= 0.3 is 6.18 Å². The largest absolute Gasteiger partial charge is 0.454 e. The van der Waals surface area contributed by atoms with Crippen molar-refractivity contribution in [2.24, 2.45) is 5.73 Å². The van der Waals surface area contributed by atoms with Crippen LogP contribution in [0.1, 0.15) is 18.0 Å². The summed E-state index contributed by atoms with van der Waals surface area (Å²) in [5, 5.41) is 0. The molecule has 1 aromatic carbocycles. The van der Waals surface area contributed by atoms with Crippen LogP contribution in [-0.2, 0) is 4.74 Å². The van der Waals surface area contributed by atoms with E-state index >= 15 is 0 Å². The van der Waals surface area contributed by atoms with Crippen LogP contribution >= 0.6 is 0 Å². The lowest BCUT2D eigenvalue weighted by Crippen LogP contribution is -2.19. The molecule has 0 radical (unpaired) electrons. The SMILES string of the molecule is NC(COCCC(F)(F)F)c1ccc2c(c1)OCO2. The van der Waals surface area contributed by atoms with Crippen LogP contribution in [0.4, 0.5) is 13.2 Å². The van der Waals surface area contributed by atoms with Gasteiger partial charge in [-0.25, -0.2) is 0 Å². The number of halogens is 3. The lowest BCUT2D eigenvalue weighted by Gasteiger charge is -2.13. The fraction of sp³-hybridized carbons (Fsp3) is 0.500. The van der Waals surface area contributed by atoms with Crippen molar-refractivity contribution in [1.82, 2.24) is 0 Å². The van der Waals surface area contributed by atoms with E-state index < -0.39 is 18.6 Å². The average molecular weight is 277 g/mol. The van der Waals surface area contributed by atoms with E-state index in [0.717, 1.165) is 5.56 Å². The molecule has 7 heteroatoms. The van der Waals surface area contributed by atoms with Crippen LogP contribution in [0.2, 0.25) is 0 Å². The molecule has 0 fully saturated rings. The normalized spacial score (nSPS) is 15.6. The Labute approximate surface area is 108 Å². The molecule has 0 saturated heterocycles. The number of benzene rings is 1. The summed E-state index contributed by atoms with van der Waals surface area (Å²) >= 11 is 0. The van der Waals surface area contributed by atoms with Gasteiger partial charge in [0.05, 0.1) is 25.7 Å². The third kappa shape index (κ3) is 4.00. The average Bonchev–Trinajstić information content (AvgIpc) is 2.80. The lowest BCUT2D eigenvalue weighted by molar-refractivity contribution is -0.145. The zero-order valence-corrected chi connectivity index (χ0v) is 10.1. The van der Waals surface area contributed by atoms with Gasteiger partial charge in [0.2, 0.25) is 6.79 Å². The summed E-state index contributed by atoms with van der Waals surface area (Å²) in [6.07, 6.45) is -5.18. The van der Waals surface area contributed by atoms with Gasteiger partial charge in [-0.15, -0.1) is 0 Å². The highest BCUT2D eigenvalue weighted by Crippen LogP contribution is 2.33.